The molecule has 3 aromatic rings. The molecule has 0 aliphatic heterocycles. The third-order valence-corrected chi connectivity index (χ3v) is 5.29. The second-order valence-corrected chi connectivity index (χ2v) is 6.64. The van der Waals surface area contributed by atoms with E-state index in [1.54, 1.807) is 34.8 Å². The molecule has 3 heterocycles. The zero-order chi connectivity index (χ0) is 14.3. The number of aromatic nitrogens is 2. The lowest BCUT2D eigenvalue weighted by molar-refractivity contribution is 0.183. The minimum absolute atomic E-state index is 0.757. The highest BCUT2D eigenvalue weighted by Gasteiger charge is 2.18. The SMILES string of the molecule is CON(C)c1nc(-c2cccs2)nc2sc(C)c(C)c12. The molecule has 4 nitrogen and oxygen atoms in total. The molecular formula is C14H15N3OS2. The van der Waals surface area contributed by atoms with Crippen LogP contribution in [0.2, 0.25) is 0 Å². The Kier molecular flexibility index (Phi) is 3.45. The first-order chi connectivity index (χ1) is 9.61. The first-order valence-electron chi connectivity index (χ1n) is 6.21. The van der Waals surface area contributed by atoms with E-state index in [-0.39, 0.29) is 0 Å². The van der Waals surface area contributed by atoms with Crippen molar-refractivity contribution in [1.82, 2.24) is 9.97 Å². The Labute approximate surface area is 125 Å². The summed E-state index contributed by atoms with van der Waals surface area (Å²) in [5.41, 5.74) is 1.22. The van der Waals surface area contributed by atoms with Gasteiger partial charge in [0, 0.05) is 11.9 Å². The molecule has 20 heavy (non-hydrogen) atoms. The van der Waals surface area contributed by atoms with Gasteiger partial charge < -0.3 is 0 Å². The predicted octanol–water partition coefficient (Wildman–Crippen LogP) is 4.03. The van der Waals surface area contributed by atoms with E-state index in [2.05, 4.69) is 13.8 Å². The third kappa shape index (κ3) is 2.09. The van der Waals surface area contributed by atoms with Crippen molar-refractivity contribution in [3.63, 3.8) is 0 Å². The zero-order valence-corrected chi connectivity index (χ0v) is 13.4. The smallest absolute Gasteiger partial charge is 0.173 e. The van der Waals surface area contributed by atoms with Crippen LogP contribution in [0.25, 0.3) is 20.9 Å². The molecule has 0 aliphatic rings. The number of hydrogen-bond donors (Lipinski definition) is 0. The van der Waals surface area contributed by atoms with Crippen molar-refractivity contribution in [3.05, 3.63) is 28.0 Å². The summed E-state index contributed by atoms with van der Waals surface area (Å²) >= 11 is 3.35. The molecule has 0 amide bonds. The highest BCUT2D eigenvalue weighted by molar-refractivity contribution is 7.19. The molecule has 0 saturated carbocycles. The van der Waals surface area contributed by atoms with Crippen molar-refractivity contribution in [2.45, 2.75) is 13.8 Å². The van der Waals surface area contributed by atoms with Gasteiger partial charge in [-0.25, -0.2) is 15.0 Å². The fourth-order valence-corrected chi connectivity index (χ4v) is 3.74. The lowest BCUT2D eigenvalue weighted by Gasteiger charge is -2.16. The highest BCUT2D eigenvalue weighted by Crippen LogP contribution is 2.36. The molecule has 6 heteroatoms. The van der Waals surface area contributed by atoms with E-state index in [4.69, 9.17) is 14.8 Å². The first-order valence-corrected chi connectivity index (χ1v) is 7.91. The molecular weight excluding hydrogens is 290 g/mol. The van der Waals surface area contributed by atoms with E-state index in [0.717, 1.165) is 26.7 Å². The lowest BCUT2D eigenvalue weighted by Crippen LogP contribution is -2.17. The Bertz CT molecular complexity index is 749. The van der Waals surface area contributed by atoms with Crippen LogP contribution < -0.4 is 5.06 Å². The van der Waals surface area contributed by atoms with Crippen LogP contribution in [0.5, 0.6) is 0 Å². The molecule has 104 valence electrons. The van der Waals surface area contributed by atoms with E-state index < -0.39 is 0 Å². The van der Waals surface area contributed by atoms with Crippen molar-refractivity contribution in [1.29, 1.82) is 0 Å². The molecule has 3 aromatic heterocycles. The topological polar surface area (TPSA) is 38.2 Å². The maximum atomic E-state index is 5.33. The minimum atomic E-state index is 0.757. The van der Waals surface area contributed by atoms with Crippen LogP contribution in [0.1, 0.15) is 10.4 Å². The molecule has 0 atom stereocenters. The maximum absolute atomic E-state index is 5.33. The van der Waals surface area contributed by atoms with Crippen LogP contribution in [-0.2, 0) is 4.84 Å². The molecule has 0 aliphatic carbocycles. The summed E-state index contributed by atoms with van der Waals surface area (Å²) in [6.07, 6.45) is 0. The minimum Gasteiger partial charge on any atom is -0.276 e. The Hall–Kier alpha value is -1.50. The van der Waals surface area contributed by atoms with E-state index in [0.29, 0.717) is 0 Å². The van der Waals surface area contributed by atoms with Gasteiger partial charge in [-0.05, 0) is 30.9 Å². The van der Waals surface area contributed by atoms with Crippen LogP contribution in [0, 0.1) is 13.8 Å². The van der Waals surface area contributed by atoms with Gasteiger partial charge in [0.1, 0.15) is 4.83 Å². The molecule has 0 radical (unpaired) electrons. The fraction of sp³-hybridized carbons (Fsp3) is 0.286. The lowest BCUT2D eigenvalue weighted by atomic mass is 10.2. The van der Waals surface area contributed by atoms with Crippen molar-refractivity contribution in [3.8, 4) is 10.7 Å². The van der Waals surface area contributed by atoms with Gasteiger partial charge in [-0.15, -0.1) is 22.7 Å². The van der Waals surface area contributed by atoms with Gasteiger partial charge in [0.05, 0.1) is 17.4 Å². The number of fused-ring (bicyclic) bond motifs is 1. The van der Waals surface area contributed by atoms with Crippen LogP contribution >= 0.6 is 22.7 Å². The van der Waals surface area contributed by atoms with E-state index in [1.807, 2.05) is 24.6 Å². The average Bonchev–Trinajstić information content (AvgIpc) is 3.07. The molecule has 0 spiro atoms. The summed E-state index contributed by atoms with van der Waals surface area (Å²) in [4.78, 5) is 18.1. The summed E-state index contributed by atoms with van der Waals surface area (Å²) in [6, 6.07) is 4.05. The molecule has 0 bridgehead atoms. The number of nitrogens with zero attached hydrogens (tertiary/aromatic N) is 3. The number of thiophene rings is 2. The second kappa shape index (κ2) is 5.12. The molecule has 0 saturated heterocycles. The monoisotopic (exact) mass is 305 g/mol. The fourth-order valence-electron chi connectivity index (χ4n) is 2.06. The maximum Gasteiger partial charge on any atom is 0.173 e. The van der Waals surface area contributed by atoms with Crippen LogP contribution in [-0.4, -0.2) is 24.1 Å². The largest absolute Gasteiger partial charge is 0.276 e. The Morgan fingerprint density at radius 2 is 2.05 bits per heavy atom. The molecule has 0 unspecified atom stereocenters. The van der Waals surface area contributed by atoms with Crippen molar-refractivity contribution >= 4 is 38.7 Å². The summed E-state index contributed by atoms with van der Waals surface area (Å²) < 4.78 is 0. The quantitative estimate of drug-likeness (QED) is 0.685. The van der Waals surface area contributed by atoms with Crippen LogP contribution in [0.4, 0.5) is 5.82 Å². The van der Waals surface area contributed by atoms with E-state index in [9.17, 15) is 0 Å². The van der Waals surface area contributed by atoms with Gasteiger partial charge in [-0.3, -0.25) is 4.84 Å². The molecule has 0 fully saturated rings. The number of rotatable bonds is 3. The highest BCUT2D eigenvalue weighted by atomic mass is 32.1. The van der Waals surface area contributed by atoms with Crippen LogP contribution in [0.3, 0.4) is 0 Å². The van der Waals surface area contributed by atoms with Gasteiger partial charge in [-0.2, -0.15) is 0 Å². The van der Waals surface area contributed by atoms with Crippen molar-refractivity contribution in [2.75, 3.05) is 19.2 Å². The predicted molar refractivity (Wildman–Crippen MR) is 85.6 cm³/mol. The normalized spacial score (nSPS) is 11.2. The summed E-state index contributed by atoms with van der Waals surface area (Å²) in [5.74, 6) is 1.58. The first kappa shape index (κ1) is 13.5. The van der Waals surface area contributed by atoms with Crippen molar-refractivity contribution in [2.24, 2.45) is 0 Å². The molecule has 0 N–H and O–H groups in total. The van der Waals surface area contributed by atoms with E-state index in [1.165, 1.54) is 10.4 Å². The average molecular weight is 305 g/mol. The van der Waals surface area contributed by atoms with Gasteiger partial charge in [0.25, 0.3) is 0 Å². The number of hydrogen-bond acceptors (Lipinski definition) is 6. The summed E-state index contributed by atoms with van der Waals surface area (Å²) in [7, 11) is 3.51. The number of anilines is 1. The Morgan fingerprint density at radius 3 is 2.70 bits per heavy atom. The van der Waals surface area contributed by atoms with Crippen molar-refractivity contribution < 1.29 is 4.84 Å². The Morgan fingerprint density at radius 1 is 1.25 bits per heavy atom. The van der Waals surface area contributed by atoms with Gasteiger partial charge in [-0.1, -0.05) is 6.07 Å². The molecule has 0 aromatic carbocycles. The molecule has 3 rings (SSSR count). The zero-order valence-electron chi connectivity index (χ0n) is 11.8. The summed E-state index contributed by atoms with van der Waals surface area (Å²) in [6.45, 7) is 4.22. The van der Waals surface area contributed by atoms with Gasteiger partial charge in [0.15, 0.2) is 11.6 Å². The second-order valence-electron chi connectivity index (χ2n) is 4.49. The van der Waals surface area contributed by atoms with E-state index >= 15 is 0 Å². The van der Waals surface area contributed by atoms with Gasteiger partial charge >= 0.3 is 0 Å². The number of aryl methyl sites for hydroxylation is 2. The third-order valence-electron chi connectivity index (χ3n) is 3.32. The van der Waals surface area contributed by atoms with Gasteiger partial charge in [0.2, 0.25) is 0 Å². The van der Waals surface area contributed by atoms with Crippen LogP contribution in [0.15, 0.2) is 17.5 Å². The number of hydroxylamine groups is 1. The standard InChI is InChI=1S/C14H15N3OS2/c1-8-9(2)20-14-11(8)13(17(3)18-4)15-12(16-14)10-6-5-7-19-10/h5-7H,1-4H3. The summed E-state index contributed by atoms with van der Waals surface area (Å²) in [5, 5.41) is 4.81. The Balaban J connectivity index is 2.31.